The maximum atomic E-state index is 5.67. The number of aromatic nitrogens is 1. The Morgan fingerprint density at radius 2 is 2.00 bits per heavy atom. The Hall–Kier alpha value is -0.930. The van der Waals surface area contributed by atoms with Crippen molar-refractivity contribution in [2.24, 2.45) is 5.73 Å². The van der Waals surface area contributed by atoms with Crippen LogP contribution in [0, 0.1) is 0 Å². The van der Waals surface area contributed by atoms with E-state index in [4.69, 9.17) is 5.73 Å². The zero-order chi connectivity index (χ0) is 13.3. The van der Waals surface area contributed by atoms with E-state index in [0.717, 1.165) is 38.5 Å². The van der Waals surface area contributed by atoms with Crippen molar-refractivity contribution in [3.63, 3.8) is 0 Å². The summed E-state index contributed by atoms with van der Waals surface area (Å²) in [7, 11) is 0. The summed E-state index contributed by atoms with van der Waals surface area (Å²) >= 11 is 0. The molecule has 2 N–H and O–H groups in total. The molecule has 0 radical (unpaired) electrons. The van der Waals surface area contributed by atoms with E-state index < -0.39 is 0 Å². The molecule has 0 atom stereocenters. The molecule has 19 heavy (non-hydrogen) atoms. The van der Waals surface area contributed by atoms with Gasteiger partial charge in [-0.1, -0.05) is 25.3 Å². The maximum Gasteiger partial charge on any atom is 0.0416 e. The summed E-state index contributed by atoms with van der Waals surface area (Å²) in [4.78, 5) is 7.08. The van der Waals surface area contributed by atoms with Gasteiger partial charge in [0, 0.05) is 30.9 Å². The Bertz CT molecular complexity index is 333. The molecular formula is C16H27N3. The van der Waals surface area contributed by atoms with E-state index >= 15 is 0 Å². The van der Waals surface area contributed by atoms with Crippen LogP contribution in [0.15, 0.2) is 24.4 Å². The van der Waals surface area contributed by atoms with Gasteiger partial charge < -0.3 is 5.73 Å². The van der Waals surface area contributed by atoms with Crippen molar-refractivity contribution in [3.8, 4) is 0 Å². The van der Waals surface area contributed by atoms with Gasteiger partial charge in [0.25, 0.3) is 0 Å². The van der Waals surface area contributed by atoms with E-state index in [1.54, 1.807) is 0 Å². The lowest BCUT2D eigenvalue weighted by Gasteiger charge is -2.34. The Labute approximate surface area is 117 Å². The van der Waals surface area contributed by atoms with Crippen LogP contribution in [0.5, 0.6) is 0 Å². The molecule has 1 heterocycles. The van der Waals surface area contributed by atoms with Crippen LogP contribution in [0.25, 0.3) is 0 Å². The predicted molar refractivity (Wildman–Crippen MR) is 80.1 cm³/mol. The number of pyridine rings is 1. The summed E-state index contributed by atoms with van der Waals surface area (Å²) in [5.41, 5.74) is 6.88. The molecule has 0 unspecified atom stereocenters. The average molecular weight is 261 g/mol. The molecule has 1 aromatic rings. The summed E-state index contributed by atoms with van der Waals surface area (Å²) in [6.45, 7) is 3.07. The Morgan fingerprint density at radius 3 is 2.68 bits per heavy atom. The third-order valence-electron chi connectivity index (χ3n) is 4.12. The van der Waals surface area contributed by atoms with Crippen molar-refractivity contribution >= 4 is 0 Å². The van der Waals surface area contributed by atoms with Crippen molar-refractivity contribution in [1.29, 1.82) is 0 Å². The third-order valence-corrected chi connectivity index (χ3v) is 4.12. The highest BCUT2D eigenvalue weighted by molar-refractivity contribution is 5.03. The largest absolute Gasteiger partial charge is 0.330 e. The predicted octanol–water partition coefficient (Wildman–Crippen LogP) is 2.61. The first-order valence-corrected chi connectivity index (χ1v) is 7.74. The van der Waals surface area contributed by atoms with Gasteiger partial charge in [0.2, 0.25) is 0 Å². The smallest absolute Gasteiger partial charge is 0.0416 e. The average Bonchev–Trinajstić information content (AvgIpc) is 2.49. The molecular weight excluding hydrogens is 234 g/mol. The first-order chi connectivity index (χ1) is 9.40. The van der Waals surface area contributed by atoms with E-state index in [9.17, 15) is 0 Å². The summed E-state index contributed by atoms with van der Waals surface area (Å²) < 4.78 is 0. The Kier molecular flexibility index (Phi) is 6.31. The van der Waals surface area contributed by atoms with Crippen LogP contribution in [-0.2, 0) is 6.42 Å². The number of hydrogen-bond acceptors (Lipinski definition) is 3. The van der Waals surface area contributed by atoms with Crippen molar-refractivity contribution in [1.82, 2.24) is 9.88 Å². The maximum absolute atomic E-state index is 5.67. The minimum Gasteiger partial charge on any atom is -0.330 e. The molecule has 0 saturated heterocycles. The monoisotopic (exact) mass is 261 g/mol. The van der Waals surface area contributed by atoms with Crippen LogP contribution in [0.4, 0.5) is 0 Å². The van der Waals surface area contributed by atoms with Gasteiger partial charge in [0.15, 0.2) is 0 Å². The Balaban J connectivity index is 1.85. The number of nitrogens with zero attached hydrogens (tertiary/aromatic N) is 2. The molecule has 0 aromatic carbocycles. The molecule has 0 aliphatic heterocycles. The second kappa shape index (κ2) is 8.28. The van der Waals surface area contributed by atoms with Crippen LogP contribution in [0.2, 0.25) is 0 Å². The van der Waals surface area contributed by atoms with Crippen LogP contribution in [0.1, 0.15) is 44.2 Å². The second-order valence-corrected chi connectivity index (χ2v) is 5.54. The highest BCUT2D eigenvalue weighted by Gasteiger charge is 2.20. The quantitative estimate of drug-likeness (QED) is 0.820. The molecule has 106 valence electrons. The van der Waals surface area contributed by atoms with Crippen molar-refractivity contribution < 1.29 is 0 Å². The molecule has 0 spiro atoms. The van der Waals surface area contributed by atoms with Gasteiger partial charge in [-0.15, -0.1) is 0 Å². The lowest BCUT2D eigenvalue weighted by molar-refractivity contribution is 0.156. The first-order valence-electron chi connectivity index (χ1n) is 7.74. The zero-order valence-corrected chi connectivity index (χ0v) is 11.9. The van der Waals surface area contributed by atoms with E-state index in [1.165, 1.54) is 37.8 Å². The zero-order valence-electron chi connectivity index (χ0n) is 11.9. The number of hydrogen-bond donors (Lipinski definition) is 1. The van der Waals surface area contributed by atoms with Gasteiger partial charge in [-0.05, 0) is 44.5 Å². The van der Waals surface area contributed by atoms with Gasteiger partial charge in [-0.3, -0.25) is 9.88 Å². The highest BCUT2D eigenvalue weighted by atomic mass is 15.2. The van der Waals surface area contributed by atoms with Crippen LogP contribution < -0.4 is 5.73 Å². The summed E-state index contributed by atoms with van der Waals surface area (Å²) in [6.07, 6.45) is 11.0. The molecule has 3 nitrogen and oxygen atoms in total. The molecule has 0 amide bonds. The van der Waals surface area contributed by atoms with Gasteiger partial charge >= 0.3 is 0 Å². The molecule has 1 saturated carbocycles. The van der Waals surface area contributed by atoms with Crippen molar-refractivity contribution in [2.45, 2.75) is 51.0 Å². The van der Waals surface area contributed by atoms with E-state index in [1.807, 2.05) is 12.3 Å². The third kappa shape index (κ3) is 4.92. The van der Waals surface area contributed by atoms with E-state index in [0.29, 0.717) is 0 Å². The normalized spacial score (nSPS) is 16.9. The molecule has 2 rings (SSSR count). The lowest BCUT2D eigenvalue weighted by atomic mass is 9.94. The fourth-order valence-corrected chi connectivity index (χ4v) is 3.02. The molecule has 1 aromatic heterocycles. The fourth-order valence-electron chi connectivity index (χ4n) is 3.02. The highest BCUT2D eigenvalue weighted by Crippen LogP contribution is 2.22. The minimum absolute atomic E-state index is 0.781. The summed E-state index contributed by atoms with van der Waals surface area (Å²) in [5, 5.41) is 0. The van der Waals surface area contributed by atoms with Crippen LogP contribution in [-0.4, -0.2) is 35.6 Å². The second-order valence-electron chi connectivity index (χ2n) is 5.54. The van der Waals surface area contributed by atoms with Crippen molar-refractivity contribution in [3.05, 3.63) is 30.1 Å². The fraction of sp³-hybridized carbons (Fsp3) is 0.688. The SMILES string of the molecule is NCCCN(CCc1ccccn1)C1CCCCC1. The Morgan fingerprint density at radius 1 is 1.16 bits per heavy atom. The van der Waals surface area contributed by atoms with Gasteiger partial charge in [-0.2, -0.15) is 0 Å². The lowest BCUT2D eigenvalue weighted by Crippen LogP contribution is -2.39. The summed E-state index contributed by atoms with van der Waals surface area (Å²) in [6, 6.07) is 6.97. The van der Waals surface area contributed by atoms with Gasteiger partial charge in [-0.25, -0.2) is 0 Å². The van der Waals surface area contributed by atoms with Crippen LogP contribution in [0.3, 0.4) is 0 Å². The molecule has 1 fully saturated rings. The molecule has 0 bridgehead atoms. The van der Waals surface area contributed by atoms with E-state index in [-0.39, 0.29) is 0 Å². The van der Waals surface area contributed by atoms with E-state index in [2.05, 4.69) is 22.0 Å². The standard InChI is InChI=1S/C16H27N3/c17-11-6-13-19(16-8-2-1-3-9-16)14-10-15-7-4-5-12-18-15/h4-5,7,12,16H,1-3,6,8-11,13-14,17H2. The molecule has 1 aliphatic rings. The van der Waals surface area contributed by atoms with Gasteiger partial charge in [0.1, 0.15) is 0 Å². The van der Waals surface area contributed by atoms with Crippen LogP contribution >= 0.6 is 0 Å². The summed E-state index contributed by atoms with van der Waals surface area (Å²) in [5.74, 6) is 0. The molecule has 3 heteroatoms. The topological polar surface area (TPSA) is 42.1 Å². The van der Waals surface area contributed by atoms with Crippen molar-refractivity contribution in [2.75, 3.05) is 19.6 Å². The number of rotatable bonds is 7. The molecule has 1 aliphatic carbocycles. The van der Waals surface area contributed by atoms with Gasteiger partial charge in [0.05, 0.1) is 0 Å². The number of nitrogens with two attached hydrogens (primary N) is 1. The minimum atomic E-state index is 0.781. The first kappa shape index (κ1) is 14.5.